The van der Waals surface area contributed by atoms with Crippen molar-refractivity contribution in [2.45, 2.75) is 24.9 Å². The van der Waals surface area contributed by atoms with Gasteiger partial charge < -0.3 is 19.5 Å². The lowest BCUT2D eigenvalue weighted by Gasteiger charge is -2.41. The molecule has 1 aromatic heterocycles. The number of benzene rings is 1. The molecule has 5 nitrogen and oxygen atoms in total. The molecule has 4 rings (SSSR count). The zero-order valence-electron chi connectivity index (χ0n) is 15.2. The number of alkyl halides is 5. The molecule has 2 aromatic rings. The molecule has 0 amide bonds. The van der Waals surface area contributed by atoms with Crippen molar-refractivity contribution in [3.8, 4) is 5.75 Å². The molecule has 0 aliphatic carbocycles. The van der Waals surface area contributed by atoms with Crippen molar-refractivity contribution in [1.82, 2.24) is 4.98 Å². The molecule has 1 aromatic carbocycles. The molecule has 0 unspecified atom stereocenters. The van der Waals surface area contributed by atoms with Gasteiger partial charge in [0.25, 0.3) is 5.56 Å². The Morgan fingerprint density at radius 2 is 1.86 bits per heavy atom. The van der Waals surface area contributed by atoms with Crippen LogP contribution in [-0.4, -0.2) is 45.0 Å². The number of H-pyrrole nitrogens is 1. The molecule has 28 heavy (non-hydrogen) atoms. The maximum Gasteiger partial charge on any atom is 0.458 e. The molecule has 10 heteroatoms. The first kappa shape index (κ1) is 18.8. The van der Waals surface area contributed by atoms with Crippen LogP contribution in [0.5, 0.6) is 5.75 Å². The van der Waals surface area contributed by atoms with E-state index in [1.165, 1.54) is 6.07 Å². The number of nitrogens with zero attached hydrogens (tertiary/aromatic N) is 2. The Morgan fingerprint density at radius 1 is 1.14 bits per heavy atom. The molecular weight excluding hydrogens is 385 g/mol. The number of anilines is 2. The molecule has 3 heterocycles. The van der Waals surface area contributed by atoms with Gasteiger partial charge in [0, 0.05) is 37.6 Å². The third kappa shape index (κ3) is 2.46. The van der Waals surface area contributed by atoms with Gasteiger partial charge in [-0.05, 0) is 18.9 Å². The van der Waals surface area contributed by atoms with Crippen molar-refractivity contribution in [2.24, 2.45) is 0 Å². The fourth-order valence-corrected chi connectivity index (χ4v) is 4.17. The van der Waals surface area contributed by atoms with E-state index in [0.717, 1.165) is 19.3 Å². The van der Waals surface area contributed by atoms with Crippen LogP contribution in [0.3, 0.4) is 0 Å². The highest BCUT2D eigenvalue weighted by molar-refractivity contribution is 5.98. The predicted octanol–water partition coefficient (Wildman–Crippen LogP) is 3.39. The summed E-state index contributed by atoms with van der Waals surface area (Å²) < 4.78 is 73.4. The lowest BCUT2D eigenvalue weighted by atomic mass is 9.91. The van der Waals surface area contributed by atoms with E-state index in [-0.39, 0.29) is 10.9 Å². The van der Waals surface area contributed by atoms with E-state index in [0.29, 0.717) is 37.2 Å². The quantitative estimate of drug-likeness (QED) is 0.781. The monoisotopic (exact) mass is 403 g/mol. The molecule has 0 radical (unpaired) electrons. The first-order chi connectivity index (χ1) is 13.1. The number of aromatic nitrogens is 1. The van der Waals surface area contributed by atoms with Crippen molar-refractivity contribution >= 4 is 22.3 Å². The molecule has 1 N–H and O–H groups in total. The van der Waals surface area contributed by atoms with E-state index in [1.807, 2.05) is 4.90 Å². The number of aryl methyl sites for hydroxylation is 1. The fraction of sp³-hybridized carbons (Fsp3) is 0.500. The smallest absolute Gasteiger partial charge is 0.458 e. The number of fused-ring (bicyclic) bond motifs is 2. The number of aromatic amines is 1. The van der Waals surface area contributed by atoms with Gasteiger partial charge in [-0.25, -0.2) is 0 Å². The Kier molecular flexibility index (Phi) is 4.03. The Bertz CT molecular complexity index is 1020. The minimum absolute atomic E-state index is 0.0171. The van der Waals surface area contributed by atoms with Crippen LogP contribution >= 0.6 is 0 Å². The van der Waals surface area contributed by atoms with Crippen molar-refractivity contribution < 1.29 is 26.7 Å². The molecule has 0 saturated carbocycles. The van der Waals surface area contributed by atoms with Crippen LogP contribution in [0.1, 0.15) is 17.5 Å². The summed E-state index contributed by atoms with van der Waals surface area (Å²) in [4.78, 5) is 18.7. The summed E-state index contributed by atoms with van der Waals surface area (Å²) in [5.41, 5.74) is -0.577. The van der Waals surface area contributed by atoms with E-state index in [9.17, 15) is 26.7 Å². The minimum atomic E-state index is -5.87. The Hall–Kier alpha value is -2.52. The lowest BCUT2D eigenvalue weighted by molar-refractivity contribution is -0.289. The summed E-state index contributed by atoms with van der Waals surface area (Å²) in [5, 5.41) is -0.344. The van der Waals surface area contributed by atoms with Gasteiger partial charge in [0.15, 0.2) is 5.75 Å². The largest absolute Gasteiger partial charge is 0.491 e. The van der Waals surface area contributed by atoms with Gasteiger partial charge in [-0.1, -0.05) is 0 Å². The molecule has 2 aliphatic rings. The fourth-order valence-electron chi connectivity index (χ4n) is 4.17. The van der Waals surface area contributed by atoms with Gasteiger partial charge in [-0.2, -0.15) is 22.0 Å². The van der Waals surface area contributed by atoms with Crippen LogP contribution in [0.2, 0.25) is 0 Å². The third-order valence-electron chi connectivity index (χ3n) is 5.48. The first-order valence-corrected chi connectivity index (χ1v) is 8.79. The molecule has 152 valence electrons. The van der Waals surface area contributed by atoms with Crippen LogP contribution in [0, 0.1) is 0 Å². The van der Waals surface area contributed by atoms with Crippen molar-refractivity contribution in [3.05, 3.63) is 27.5 Å². The highest BCUT2D eigenvalue weighted by Crippen LogP contribution is 2.51. The Morgan fingerprint density at radius 3 is 2.50 bits per heavy atom. The van der Waals surface area contributed by atoms with Crippen LogP contribution < -0.4 is 20.1 Å². The van der Waals surface area contributed by atoms with Crippen LogP contribution in [0.25, 0.3) is 10.9 Å². The number of ether oxygens (including phenoxy) is 1. The number of likely N-dealkylation sites (N-methyl/N-ethyl adjacent to an activating group) is 1. The second-order valence-corrected chi connectivity index (χ2v) is 7.09. The maximum atomic E-state index is 14.5. The molecule has 0 bridgehead atoms. The number of hydrogen-bond donors (Lipinski definition) is 1. The van der Waals surface area contributed by atoms with Crippen LogP contribution in [-0.2, 0) is 12.3 Å². The molecule has 0 atom stereocenters. The second-order valence-electron chi connectivity index (χ2n) is 7.09. The maximum absolute atomic E-state index is 14.5. The molecule has 2 aliphatic heterocycles. The van der Waals surface area contributed by atoms with Gasteiger partial charge in [-0.15, -0.1) is 0 Å². The molecule has 0 saturated heterocycles. The summed E-state index contributed by atoms with van der Waals surface area (Å²) in [5.74, 6) is -6.26. The molecular formula is C18H18F5N3O2. The normalized spacial score (nSPS) is 17.1. The Balaban J connectivity index is 2.18. The van der Waals surface area contributed by atoms with Crippen LogP contribution in [0.4, 0.5) is 33.3 Å². The van der Waals surface area contributed by atoms with Gasteiger partial charge >= 0.3 is 12.1 Å². The first-order valence-electron chi connectivity index (χ1n) is 8.79. The third-order valence-corrected chi connectivity index (χ3v) is 5.48. The van der Waals surface area contributed by atoms with Gasteiger partial charge in [0.2, 0.25) is 0 Å². The average molecular weight is 403 g/mol. The van der Waals surface area contributed by atoms with Crippen molar-refractivity contribution in [1.29, 1.82) is 0 Å². The average Bonchev–Trinajstić information content (AvgIpc) is 2.63. The highest BCUT2D eigenvalue weighted by atomic mass is 19.4. The number of hydrogen-bond acceptors (Lipinski definition) is 4. The second kappa shape index (κ2) is 5.99. The number of methoxy groups -OCH3 is 1. The minimum Gasteiger partial charge on any atom is -0.491 e. The van der Waals surface area contributed by atoms with E-state index in [2.05, 4.69) is 9.88 Å². The highest BCUT2D eigenvalue weighted by Gasteiger charge is 2.61. The van der Waals surface area contributed by atoms with Crippen molar-refractivity contribution in [3.63, 3.8) is 0 Å². The summed E-state index contributed by atoms with van der Waals surface area (Å²) in [7, 11) is 2.67. The number of halogens is 5. The number of nitrogens with one attached hydrogen (secondary N) is 1. The lowest BCUT2D eigenvalue weighted by Crippen LogP contribution is -2.42. The van der Waals surface area contributed by atoms with E-state index in [4.69, 9.17) is 4.74 Å². The Labute approximate surface area is 156 Å². The number of rotatable bonds is 2. The summed E-state index contributed by atoms with van der Waals surface area (Å²) in [6.45, 7) is 2.10. The van der Waals surface area contributed by atoms with E-state index >= 15 is 0 Å². The van der Waals surface area contributed by atoms with E-state index in [1.54, 1.807) is 7.05 Å². The summed E-state index contributed by atoms with van der Waals surface area (Å²) >= 11 is 0. The van der Waals surface area contributed by atoms with Crippen molar-refractivity contribution in [2.75, 3.05) is 43.6 Å². The van der Waals surface area contributed by atoms with Crippen LogP contribution in [0.15, 0.2) is 10.9 Å². The topological polar surface area (TPSA) is 48.6 Å². The number of pyridine rings is 1. The predicted molar refractivity (Wildman–Crippen MR) is 94.9 cm³/mol. The van der Waals surface area contributed by atoms with E-state index < -0.39 is 29.0 Å². The summed E-state index contributed by atoms with van der Waals surface area (Å²) in [6, 6.07) is 1.30. The van der Waals surface area contributed by atoms with Gasteiger partial charge in [-0.3, -0.25) is 4.79 Å². The molecule has 0 spiro atoms. The zero-order chi connectivity index (χ0) is 20.4. The zero-order valence-corrected chi connectivity index (χ0v) is 15.2. The summed E-state index contributed by atoms with van der Waals surface area (Å²) in [6.07, 6.45) is -4.68. The van der Waals surface area contributed by atoms with Gasteiger partial charge in [0.1, 0.15) is 0 Å². The standard InChI is InChI=1S/C18H18F5N3O2/c1-25-6-7-26-5-3-4-9-13-10(8-11(25)14(9)26)12(15(28-2)16(27)24-13)17(19,20)18(21,22)23/h8H,3-7H2,1-2H3,(H,24,27). The molecule has 0 fully saturated rings. The SMILES string of the molecule is COc1c(C(F)(F)C(F)(F)F)c2cc3c4c(c2[nH]c1=O)CCCN4CCN3C. The van der Waals surface area contributed by atoms with Gasteiger partial charge in [0.05, 0.1) is 29.6 Å².